The number of nitrogens with zero attached hydrogens (tertiary/aromatic N) is 2. The Morgan fingerprint density at radius 1 is 1.12 bits per heavy atom. The van der Waals surface area contributed by atoms with Crippen molar-refractivity contribution in [3.05, 3.63) is 64.9 Å². The monoisotopic (exact) mass is 369 g/mol. The number of hydrogen-bond acceptors (Lipinski definition) is 4. The highest BCUT2D eigenvalue weighted by Crippen LogP contribution is 2.33. The quantitative estimate of drug-likeness (QED) is 0.761. The summed E-state index contributed by atoms with van der Waals surface area (Å²) >= 11 is 6.44. The molecule has 0 saturated heterocycles. The van der Waals surface area contributed by atoms with Crippen LogP contribution >= 0.6 is 11.6 Å². The van der Waals surface area contributed by atoms with Crippen LogP contribution in [0, 0.1) is 6.92 Å². The van der Waals surface area contributed by atoms with Crippen LogP contribution in [0.1, 0.15) is 16.1 Å². The zero-order valence-electron chi connectivity index (χ0n) is 14.0. The van der Waals surface area contributed by atoms with Gasteiger partial charge >= 0.3 is 0 Å². The van der Waals surface area contributed by atoms with Crippen molar-refractivity contribution in [2.24, 2.45) is 0 Å². The van der Waals surface area contributed by atoms with Crippen LogP contribution in [0.25, 0.3) is 5.69 Å². The summed E-state index contributed by atoms with van der Waals surface area (Å²) in [5.41, 5.74) is 2.28. The van der Waals surface area contributed by atoms with Crippen LogP contribution in [-0.4, -0.2) is 28.9 Å². The molecule has 0 aliphatic carbocycles. The fourth-order valence-electron chi connectivity index (χ4n) is 2.81. The Kier molecular flexibility index (Phi) is 4.26. The standard InChI is InChI=1S/C19H16ClN3O3/c1-12-17(18(20)23(22-12)14-5-3-2-4-6-14)19(24)21-13-7-8-15-16(11-13)26-10-9-25-15/h2-8,11H,9-10H2,1H3,(H,21,24). The molecule has 132 valence electrons. The first-order chi connectivity index (χ1) is 12.6. The molecule has 2 aromatic carbocycles. The van der Waals surface area contributed by atoms with Crippen molar-refractivity contribution < 1.29 is 14.3 Å². The van der Waals surface area contributed by atoms with Crippen LogP contribution in [0.4, 0.5) is 5.69 Å². The van der Waals surface area contributed by atoms with Crippen LogP contribution in [-0.2, 0) is 0 Å². The van der Waals surface area contributed by atoms with Gasteiger partial charge < -0.3 is 14.8 Å². The lowest BCUT2D eigenvalue weighted by Gasteiger charge is -2.19. The van der Waals surface area contributed by atoms with E-state index in [1.165, 1.54) is 0 Å². The van der Waals surface area contributed by atoms with E-state index < -0.39 is 0 Å². The van der Waals surface area contributed by atoms with E-state index in [1.54, 1.807) is 29.8 Å². The molecule has 1 N–H and O–H groups in total. The van der Waals surface area contributed by atoms with E-state index in [4.69, 9.17) is 21.1 Å². The number of amides is 1. The van der Waals surface area contributed by atoms with Gasteiger partial charge in [0, 0.05) is 11.8 Å². The summed E-state index contributed by atoms with van der Waals surface area (Å²) in [5.74, 6) is 0.948. The summed E-state index contributed by atoms with van der Waals surface area (Å²) in [4.78, 5) is 12.7. The second-order valence-corrected chi connectivity index (χ2v) is 6.17. The molecule has 0 saturated carbocycles. The zero-order valence-corrected chi connectivity index (χ0v) is 14.8. The van der Waals surface area contributed by atoms with E-state index in [2.05, 4.69) is 10.4 Å². The molecule has 7 heteroatoms. The second kappa shape index (κ2) is 6.72. The maximum absolute atomic E-state index is 12.7. The Morgan fingerprint density at radius 3 is 2.62 bits per heavy atom. The predicted molar refractivity (Wildman–Crippen MR) is 98.7 cm³/mol. The van der Waals surface area contributed by atoms with Gasteiger partial charge in [0.05, 0.1) is 11.4 Å². The Labute approximate surface area is 155 Å². The molecule has 0 atom stereocenters. The third kappa shape index (κ3) is 2.99. The van der Waals surface area contributed by atoms with Crippen LogP contribution in [0.5, 0.6) is 11.5 Å². The van der Waals surface area contributed by atoms with Crippen LogP contribution < -0.4 is 14.8 Å². The van der Waals surface area contributed by atoms with Crippen molar-refractivity contribution in [1.29, 1.82) is 0 Å². The van der Waals surface area contributed by atoms with Crippen LogP contribution in [0.2, 0.25) is 5.15 Å². The number of anilines is 1. The molecule has 1 amide bonds. The summed E-state index contributed by atoms with van der Waals surface area (Å²) in [7, 11) is 0. The first-order valence-corrected chi connectivity index (χ1v) is 8.53. The van der Waals surface area contributed by atoms with Gasteiger partial charge in [-0.25, -0.2) is 4.68 Å². The van der Waals surface area contributed by atoms with Gasteiger partial charge in [-0.3, -0.25) is 4.79 Å². The Balaban J connectivity index is 1.62. The molecular formula is C19H16ClN3O3. The van der Waals surface area contributed by atoms with Crippen molar-refractivity contribution in [2.75, 3.05) is 18.5 Å². The molecule has 1 aliphatic heterocycles. The molecule has 2 heterocycles. The third-order valence-electron chi connectivity index (χ3n) is 4.03. The molecule has 26 heavy (non-hydrogen) atoms. The largest absolute Gasteiger partial charge is 0.486 e. The summed E-state index contributed by atoms with van der Waals surface area (Å²) in [6.45, 7) is 2.76. The molecule has 0 spiro atoms. The van der Waals surface area contributed by atoms with Crippen molar-refractivity contribution in [1.82, 2.24) is 9.78 Å². The number of carbonyl (C=O) groups excluding carboxylic acids is 1. The zero-order chi connectivity index (χ0) is 18.1. The Hall–Kier alpha value is -2.99. The smallest absolute Gasteiger partial charge is 0.260 e. The average Bonchev–Trinajstić information content (AvgIpc) is 2.96. The SMILES string of the molecule is Cc1nn(-c2ccccc2)c(Cl)c1C(=O)Nc1ccc2c(c1)OCCO2. The van der Waals surface area contributed by atoms with E-state index in [0.717, 1.165) is 5.69 Å². The fourth-order valence-corrected chi connectivity index (χ4v) is 3.17. The normalized spacial score (nSPS) is 12.7. The minimum absolute atomic E-state index is 0.267. The molecule has 0 radical (unpaired) electrons. The van der Waals surface area contributed by atoms with E-state index in [-0.39, 0.29) is 11.1 Å². The summed E-state index contributed by atoms with van der Waals surface area (Å²) < 4.78 is 12.6. The van der Waals surface area contributed by atoms with Gasteiger partial charge in [0.1, 0.15) is 23.9 Å². The lowest BCUT2D eigenvalue weighted by Crippen LogP contribution is -2.16. The average molecular weight is 370 g/mol. The minimum Gasteiger partial charge on any atom is -0.486 e. The first-order valence-electron chi connectivity index (χ1n) is 8.15. The van der Waals surface area contributed by atoms with Gasteiger partial charge in [-0.15, -0.1) is 0 Å². The van der Waals surface area contributed by atoms with Crippen molar-refractivity contribution in [2.45, 2.75) is 6.92 Å². The number of hydrogen-bond donors (Lipinski definition) is 1. The number of rotatable bonds is 3. The highest BCUT2D eigenvalue weighted by molar-refractivity contribution is 6.34. The number of aromatic nitrogens is 2. The van der Waals surface area contributed by atoms with Gasteiger partial charge in [0.25, 0.3) is 5.91 Å². The summed E-state index contributed by atoms with van der Waals surface area (Å²) in [6.07, 6.45) is 0. The maximum atomic E-state index is 12.7. The summed E-state index contributed by atoms with van der Waals surface area (Å²) in [6, 6.07) is 14.7. The number of nitrogens with one attached hydrogen (secondary N) is 1. The molecule has 1 aromatic heterocycles. The van der Waals surface area contributed by atoms with Crippen LogP contribution in [0.3, 0.4) is 0 Å². The van der Waals surface area contributed by atoms with Gasteiger partial charge in [-0.05, 0) is 31.2 Å². The van der Waals surface area contributed by atoms with Crippen LogP contribution in [0.15, 0.2) is 48.5 Å². The lowest BCUT2D eigenvalue weighted by molar-refractivity contribution is 0.102. The van der Waals surface area contributed by atoms with Gasteiger partial charge in [-0.1, -0.05) is 29.8 Å². The number of benzene rings is 2. The highest BCUT2D eigenvalue weighted by Gasteiger charge is 2.22. The topological polar surface area (TPSA) is 65.4 Å². The van der Waals surface area contributed by atoms with Gasteiger partial charge in [0.2, 0.25) is 0 Å². The summed E-state index contributed by atoms with van der Waals surface area (Å²) in [5, 5.41) is 7.50. The fraction of sp³-hybridized carbons (Fsp3) is 0.158. The number of carbonyl (C=O) groups is 1. The molecule has 1 aliphatic rings. The van der Waals surface area contributed by atoms with Crippen molar-refractivity contribution in [3.8, 4) is 17.2 Å². The molecular weight excluding hydrogens is 354 g/mol. The highest BCUT2D eigenvalue weighted by atomic mass is 35.5. The minimum atomic E-state index is -0.327. The van der Waals surface area contributed by atoms with E-state index in [9.17, 15) is 4.79 Å². The molecule has 0 unspecified atom stereocenters. The number of halogens is 1. The van der Waals surface area contributed by atoms with Crippen molar-refractivity contribution in [3.63, 3.8) is 0 Å². The van der Waals surface area contributed by atoms with Crippen molar-refractivity contribution >= 4 is 23.2 Å². The number of ether oxygens (including phenoxy) is 2. The Bertz CT molecular complexity index is 970. The first kappa shape index (κ1) is 16.5. The van der Waals surface area contributed by atoms with E-state index in [1.807, 2.05) is 30.3 Å². The maximum Gasteiger partial charge on any atom is 0.260 e. The lowest BCUT2D eigenvalue weighted by atomic mass is 10.2. The van der Waals surface area contributed by atoms with E-state index in [0.29, 0.717) is 41.7 Å². The molecule has 0 fully saturated rings. The predicted octanol–water partition coefficient (Wildman–Crippen LogP) is 3.86. The second-order valence-electron chi connectivity index (χ2n) is 5.81. The number of aryl methyl sites for hydroxylation is 1. The molecule has 6 nitrogen and oxygen atoms in total. The third-order valence-corrected chi connectivity index (χ3v) is 4.38. The molecule has 3 aromatic rings. The van der Waals surface area contributed by atoms with E-state index >= 15 is 0 Å². The Morgan fingerprint density at radius 2 is 1.85 bits per heavy atom. The number of fused-ring (bicyclic) bond motifs is 1. The van der Waals surface area contributed by atoms with Gasteiger partial charge in [-0.2, -0.15) is 5.10 Å². The van der Waals surface area contributed by atoms with Gasteiger partial charge in [0.15, 0.2) is 11.5 Å². The molecule has 0 bridgehead atoms. The number of para-hydroxylation sites is 1. The molecule has 4 rings (SSSR count).